The summed E-state index contributed by atoms with van der Waals surface area (Å²) in [4.78, 5) is 13.4. The van der Waals surface area contributed by atoms with Crippen molar-refractivity contribution in [3.8, 4) is 0 Å². The highest BCUT2D eigenvalue weighted by Crippen LogP contribution is 2.30. The average molecular weight is 325 g/mol. The van der Waals surface area contributed by atoms with E-state index in [2.05, 4.69) is 32.3 Å². The molecule has 0 aliphatic rings. The van der Waals surface area contributed by atoms with Crippen molar-refractivity contribution in [3.63, 3.8) is 0 Å². The Morgan fingerprint density at radius 1 is 1.30 bits per heavy atom. The smallest absolute Gasteiger partial charge is 0.225 e. The molecule has 0 saturated carbocycles. The molecule has 3 rings (SSSR count). The lowest BCUT2D eigenvalue weighted by atomic mass is 10.3. The van der Waals surface area contributed by atoms with Crippen LogP contribution < -0.4 is 10.2 Å². The molecule has 0 unspecified atom stereocenters. The molecule has 0 spiro atoms. The summed E-state index contributed by atoms with van der Waals surface area (Å²) < 4.78 is 0.813. The minimum absolute atomic E-state index is 0.644. The van der Waals surface area contributed by atoms with Crippen LogP contribution in [0.25, 0.3) is 10.2 Å². The molecule has 1 N–H and O–H groups in total. The van der Waals surface area contributed by atoms with E-state index in [4.69, 9.17) is 11.6 Å². The second-order valence-corrected chi connectivity index (χ2v) is 7.02. The van der Waals surface area contributed by atoms with Crippen molar-refractivity contribution in [2.75, 3.05) is 24.3 Å². The first-order chi connectivity index (χ1) is 9.67. The largest absolute Gasteiger partial charge is 0.357 e. The summed E-state index contributed by atoms with van der Waals surface area (Å²) in [6.45, 7) is 0.780. The molecule has 3 aromatic rings. The van der Waals surface area contributed by atoms with E-state index in [1.807, 2.05) is 25.5 Å². The van der Waals surface area contributed by atoms with E-state index in [0.717, 1.165) is 26.9 Å². The predicted molar refractivity (Wildman–Crippen MR) is 88.4 cm³/mol. The Morgan fingerprint density at radius 2 is 2.15 bits per heavy atom. The van der Waals surface area contributed by atoms with Crippen LogP contribution in [-0.4, -0.2) is 24.1 Å². The molecule has 0 aromatic carbocycles. The van der Waals surface area contributed by atoms with Gasteiger partial charge in [0, 0.05) is 19.0 Å². The van der Waals surface area contributed by atoms with Gasteiger partial charge in [-0.2, -0.15) is 4.98 Å². The van der Waals surface area contributed by atoms with Crippen molar-refractivity contribution in [3.05, 3.63) is 32.8 Å². The van der Waals surface area contributed by atoms with Crippen LogP contribution in [0.4, 0.5) is 11.8 Å². The molecule has 0 aliphatic carbocycles. The number of nitrogens with one attached hydrogen (secondary N) is 1. The van der Waals surface area contributed by atoms with Crippen molar-refractivity contribution in [1.29, 1.82) is 0 Å². The third kappa shape index (κ3) is 2.59. The maximum absolute atomic E-state index is 5.98. The second kappa shape index (κ2) is 5.55. The molecule has 0 atom stereocenters. The zero-order valence-electron chi connectivity index (χ0n) is 11.1. The summed E-state index contributed by atoms with van der Waals surface area (Å²) in [5.74, 6) is 1.58. The fourth-order valence-corrected chi connectivity index (χ4v) is 3.89. The molecule has 0 saturated heterocycles. The summed E-state index contributed by atoms with van der Waals surface area (Å²) >= 11 is 9.20. The first kappa shape index (κ1) is 13.6. The molecule has 0 bridgehead atoms. The highest BCUT2D eigenvalue weighted by molar-refractivity contribution is 7.17. The molecule has 4 nitrogen and oxygen atoms in total. The van der Waals surface area contributed by atoms with Gasteiger partial charge in [0.25, 0.3) is 0 Å². The van der Waals surface area contributed by atoms with E-state index in [0.29, 0.717) is 5.95 Å². The molecule has 0 radical (unpaired) electrons. The van der Waals surface area contributed by atoms with Gasteiger partial charge in [0.05, 0.1) is 16.3 Å². The maximum atomic E-state index is 5.98. The standard InChI is InChI=1S/C13H13ClN4S2/c1-15-13-16-11(9-5-6-19-12(9)17-13)18(2)7-8-3-4-10(14)20-8/h3-6H,7H2,1-2H3,(H,15,16,17). The van der Waals surface area contributed by atoms with Gasteiger partial charge < -0.3 is 10.2 Å². The summed E-state index contributed by atoms with van der Waals surface area (Å²) in [5.41, 5.74) is 0. The number of hydrogen-bond donors (Lipinski definition) is 1. The summed E-state index contributed by atoms with van der Waals surface area (Å²) in [5, 5.41) is 6.13. The van der Waals surface area contributed by atoms with Crippen LogP contribution >= 0.6 is 34.3 Å². The van der Waals surface area contributed by atoms with Gasteiger partial charge in [0.2, 0.25) is 5.95 Å². The number of nitrogens with zero attached hydrogens (tertiary/aromatic N) is 3. The Hall–Kier alpha value is -1.37. The van der Waals surface area contributed by atoms with Crippen molar-refractivity contribution in [2.24, 2.45) is 0 Å². The van der Waals surface area contributed by atoms with E-state index in [9.17, 15) is 0 Å². The average Bonchev–Trinajstić information content (AvgIpc) is 3.06. The number of fused-ring (bicyclic) bond motifs is 1. The SMILES string of the molecule is CNc1nc(N(C)Cc2ccc(Cl)s2)c2ccsc2n1. The van der Waals surface area contributed by atoms with Gasteiger partial charge in [0.1, 0.15) is 10.6 Å². The monoisotopic (exact) mass is 324 g/mol. The molecule has 7 heteroatoms. The van der Waals surface area contributed by atoms with Gasteiger partial charge in [-0.3, -0.25) is 0 Å². The fourth-order valence-electron chi connectivity index (χ4n) is 1.99. The summed E-state index contributed by atoms with van der Waals surface area (Å²) in [7, 11) is 3.87. The zero-order valence-corrected chi connectivity index (χ0v) is 13.4. The minimum Gasteiger partial charge on any atom is -0.357 e. The zero-order chi connectivity index (χ0) is 14.1. The van der Waals surface area contributed by atoms with Crippen molar-refractivity contribution in [1.82, 2.24) is 9.97 Å². The molecule has 20 heavy (non-hydrogen) atoms. The molecule has 0 aliphatic heterocycles. The molecule has 3 aromatic heterocycles. The number of anilines is 2. The Bertz CT molecular complexity index is 737. The molecule has 104 valence electrons. The summed E-state index contributed by atoms with van der Waals surface area (Å²) in [6.07, 6.45) is 0. The number of hydrogen-bond acceptors (Lipinski definition) is 6. The molecular formula is C13H13ClN4S2. The van der Waals surface area contributed by atoms with E-state index in [1.165, 1.54) is 4.88 Å². The van der Waals surface area contributed by atoms with Crippen LogP contribution in [0.1, 0.15) is 4.88 Å². The van der Waals surface area contributed by atoms with Gasteiger partial charge >= 0.3 is 0 Å². The van der Waals surface area contributed by atoms with Crippen LogP contribution in [0.15, 0.2) is 23.6 Å². The van der Waals surface area contributed by atoms with Crippen LogP contribution in [0.5, 0.6) is 0 Å². The van der Waals surface area contributed by atoms with Crippen molar-refractivity contribution >= 4 is 56.3 Å². The van der Waals surface area contributed by atoms with Crippen LogP contribution in [0.3, 0.4) is 0 Å². The van der Waals surface area contributed by atoms with Gasteiger partial charge in [-0.05, 0) is 23.6 Å². The molecule has 0 amide bonds. The Kier molecular flexibility index (Phi) is 3.78. The maximum Gasteiger partial charge on any atom is 0.225 e. The third-order valence-corrected chi connectivity index (χ3v) is 4.93. The van der Waals surface area contributed by atoms with E-state index < -0.39 is 0 Å². The molecular weight excluding hydrogens is 312 g/mol. The highest BCUT2D eigenvalue weighted by Gasteiger charge is 2.13. The van der Waals surface area contributed by atoms with Gasteiger partial charge in [-0.1, -0.05) is 11.6 Å². The Morgan fingerprint density at radius 3 is 2.85 bits per heavy atom. The molecule has 3 heterocycles. The number of halogens is 1. The van der Waals surface area contributed by atoms with Crippen molar-refractivity contribution < 1.29 is 0 Å². The van der Waals surface area contributed by atoms with Crippen LogP contribution in [-0.2, 0) is 6.54 Å². The predicted octanol–water partition coefficient (Wildman–Crippen LogP) is 4.08. The van der Waals surface area contributed by atoms with Gasteiger partial charge in [0.15, 0.2) is 0 Å². The second-order valence-electron chi connectivity index (χ2n) is 4.32. The number of rotatable bonds is 4. The first-order valence-corrected chi connectivity index (χ1v) is 8.13. The van der Waals surface area contributed by atoms with Gasteiger partial charge in [-0.25, -0.2) is 4.98 Å². The van der Waals surface area contributed by atoms with E-state index >= 15 is 0 Å². The normalized spacial score (nSPS) is 10.9. The number of thiophene rings is 2. The Balaban J connectivity index is 1.97. The highest BCUT2D eigenvalue weighted by atomic mass is 35.5. The van der Waals surface area contributed by atoms with Crippen molar-refractivity contribution in [2.45, 2.75) is 6.54 Å². The molecule has 0 fully saturated rings. The first-order valence-electron chi connectivity index (χ1n) is 6.05. The minimum atomic E-state index is 0.644. The number of aromatic nitrogens is 2. The van der Waals surface area contributed by atoms with Gasteiger partial charge in [-0.15, -0.1) is 22.7 Å². The quantitative estimate of drug-likeness (QED) is 0.785. The lowest BCUT2D eigenvalue weighted by Crippen LogP contribution is -2.18. The lowest BCUT2D eigenvalue weighted by Gasteiger charge is -2.18. The van der Waals surface area contributed by atoms with Crippen LogP contribution in [0.2, 0.25) is 4.34 Å². The topological polar surface area (TPSA) is 41.1 Å². The summed E-state index contributed by atoms with van der Waals surface area (Å²) in [6, 6.07) is 6.04. The van der Waals surface area contributed by atoms with E-state index in [-0.39, 0.29) is 0 Å². The Labute approximate surface area is 130 Å². The van der Waals surface area contributed by atoms with E-state index in [1.54, 1.807) is 22.7 Å². The fraction of sp³-hybridized carbons (Fsp3) is 0.231. The van der Waals surface area contributed by atoms with Crippen LogP contribution in [0, 0.1) is 0 Å². The third-order valence-electron chi connectivity index (χ3n) is 2.91. The lowest BCUT2D eigenvalue weighted by molar-refractivity contribution is 0.916.